The molecule has 0 spiro atoms. The van der Waals surface area contributed by atoms with E-state index in [9.17, 15) is 18.0 Å². The summed E-state index contributed by atoms with van der Waals surface area (Å²) in [5.41, 5.74) is 4.25. The van der Waals surface area contributed by atoms with Gasteiger partial charge in [-0.3, -0.25) is 9.78 Å². The first-order valence-electron chi connectivity index (χ1n) is 9.40. The van der Waals surface area contributed by atoms with Crippen molar-refractivity contribution >= 4 is 17.5 Å². The van der Waals surface area contributed by atoms with Gasteiger partial charge in [0.2, 0.25) is 5.88 Å². The van der Waals surface area contributed by atoms with Gasteiger partial charge in [0.15, 0.2) is 0 Å². The van der Waals surface area contributed by atoms with Crippen LogP contribution in [0.4, 0.5) is 13.2 Å². The Labute approximate surface area is 178 Å². The second kappa shape index (κ2) is 10.1. The molecule has 2 aromatic rings. The molecule has 3 rings (SSSR count). The number of halogens is 4. The number of ether oxygens (including phenoxy) is 1. The molecule has 0 saturated heterocycles. The van der Waals surface area contributed by atoms with Gasteiger partial charge in [0, 0.05) is 30.2 Å². The standard InChI is InChI=1S/C16H13ClF3N3O2.C4H11N/c17-12-7-11(16(18,19)20)8-22-14(12)25-9-15(3-4-15)23-13(24)10-1-5-21-6-2-10;1-3-4(2)5/h1-2,5-8H,3-4,9H2,(H,23,24);4H,3,5H2,1-2H3. The average Bonchev–Trinajstić information content (AvgIpc) is 3.47. The van der Waals surface area contributed by atoms with E-state index in [1.54, 1.807) is 12.1 Å². The molecule has 1 saturated carbocycles. The fourth-order valence-electron chi connectivity index (χ4n) is 2.17. The molecule has 2 heterocycles. The van der Waals surface area contributed by atoms with Crippen LogP contribution in [0.15, 0.2) is 36.8 Å². The van der Waals surface area contributed by atoms with Gasteiger partial charge in [0.05, 0.1) is 11.1 Å². The summed E-state index contributed by atoms with van der Waals surface area (Å²) < 4.78 is 43.2. The number of alkyl halides is 3. The Morgan fingerprint density at radius 3 is 2.43 bits per heavy atom. The second-order valence-electron chi connectivity index (χ2n) is 7.15. The van der Waals surface area contributed by atoms with Gasteiger partial charge in [-0.2, -0.15) is 13.2 Å². The highest BCUT2D eigenvalue weighted by molar-refractivity contribution is 6.31. The van der Waals surface area contributed by atoms with E-state index in [-0.39, 0.29) is 23.4 Å². The largest absolute Gasteiger partial charge is 0.474 e. The maximum atomic E-state index is 12.6. The Bertz CT molecular complexity index is 844. The minimum Gasteiger partial charge on any atom is -0.474 e. The summed E-state index contributed by atoms with van der Waals surface area (Å²) in [5.74, 6) is -0.367. The zero-order valence-corrected chi connectivity index (χ0v) is 17.4. The minimum atomic E-state index is -4.52. The third kappa shape index (κ3) is 7.14. The number of carbonyl (C=O) groups is 1. The van der Waals surface area contributed by atoms with Crippen LogP contribution in [0.5, 0.6) is 5.88 Å². The summed E-state index contributed by atoms with van der Waals surface area (Å²) in [6, 6.07) is 4.31. The van der Waals surface area contributed by atoms with E-state index in [1.807, 2.05) is 6.92 Å². The van der Waals surface area contributed by atoms with E-state index in [0.29, 0.717) is 30.6 Å². The molecule has 0 bridgehead atoms. The molecule has 0 radical (unpaired) electrons. The molecular formula is C20H24ClF3N4O2. The molecule has 30 heavy (non-hydrogen) atoms. The fourth-order valence-corrected chi connectivity index (χ4v) is 2.39. The summed E-state index contributed by atoms with van der Waals surface area (Å²) in [4.78, 5) is 19.6. The van der Waals surface area contributed by atoms with Crippen molar-refractivity contribution in [3.05, 3.63) is 52.9 Å². The number of nitrogens with two attached hydrogens (primary N) is 1. The van der Waals surface area contributed by atoms with E-state index in [0.717, 1.165) is 12.5 Å². The van der Waals surface area contributed by atoms with E-state index >= 15 is 0 Å². The van der Waals surface area contributed by atoms with Crippen molar-refractivity contribution < 1.29 is 22.7 Å². The van der Waals surface area contributed by atoms with Gasteiger partial charge in [-0.05, 0) is 44.4 Å². The van der Waals surface area contributed by atoms with Crippen LogP contribution in [0.25, 0.3) is 0 Å². The van der Waals surface area contributed by atoms with Crippen LogP contribution in [0.2, 0.25) is 5.02 Å². The Hall–Kier alpha value is -2.39. The Balaban J connectivity index is 0.000000575. The molecule has 0 aromatic carbocycles. The first-order valence-corrected chi connectivity index (χ1v) is 9.78. The number of nitrogens with one attached hydrogen (secondary N) is 1. The first-order chi connectivity index (χ1) is 14.1. The topological polar surface area (TPSA) is 90.1 Å². The normalized spacial score (nSPS) is 15.4. The maximum Gasteiger partial charge on any atom is 0.417 e. The van der Waals surface area contributed by atoms with Gasteiger partial charge in [0.25, 0.3) is 5.91 Å². The van der Waals surface area contributed by atoms with Crippen molar-refractivity contribution in [2.75, 3.05) is 6.61 Å². The van der Waals surface area contributed by atoms with Crippen molar-refractivity contribution in [1.82, 2.24) is 15.3 Å². The lowest BCUT2D eigenvalue weighted by Crippen LogP contribution is -2.41. The number of carbonyl (C=O) groups excluding carboxylic acids is 1. The van der Waals surface area contributed by atoms with Crippen LogP contribution < -0.4 is 15.8 Å². The van der Waals surface area contributed by atoms with Crippen molar-refractivity contribution in [1.29, 1.82) is 0 Å². The van der Waals surface area contributed by atoms with Gasteiger partial charge in [0.1, 0.15) is 11.6 Å². The fraction of sp³-hybridized carbons (Fsp3) is 0.450. The van der Waals surface area contributed by atoms with Gasteiger partial charge < -0.3 is 15.8 Å². The molecule has 1 aliphatic carbocycles. The van der Waals surface area contributed by atoms with Crippen LogP contribution in [0.3, 0.4) is 0 Å². The molecule has 1 atom stereocenters. The average molecular weight is 445 g/mol. The first kappa shape index (κ1) is 23.9. The highest BCUT2D eigenvalue weighted by atomic mass is 35.5. The van der Waals surface area contributed by atoms with E-state index in [4.69, 9.17) is 22.1 Å². The van der Waals surface area contributed by atoms with Gasteiger partial charge in [-0.1, -0.05) is 18.5 Å². The number of rotatable bonds is 6. The summed E-state index contributed by atoms with van der Waals surface area (Å²) in [6.07, 6.45) is 1.64. The number of hydrogen-bond donors (Lipinski definition) is 2. The summed E-state index contributed by atoms with van der Waals surface area (Å²) in [5, 5.41) is 2.64. The highest BCUT2D eigenvalue weighted by Crippen LogP contribution is 2.38. The van der Waals surface area contributed by atoms with Crippen LogP contribution in [-0.4, -0.2) is 34.1 Å². The molecule has 1 fully saturated rings. The number of nitrogens with zero attached hydrogens (tertiary/aromatic N) is 2. The Morgan fingerprint density at radius 1 is 1.37 bits per heavy atom. The summed E-state index contributed by atoms with van der Waals surface area (Å²) >= 11 is 5.80. The molecule has 164 valence electrons. The van der Waals surface area contributed by atoms with E-state index < -0.39 is 17.3 Å². The SMILES string of the molecule is CCC(C)N.O=C(NC1(COc2ncc(C(F)(F)F)cc2Cl)CC1)c1ccncc1. The predicted molar refractivity (Wildman–Crippen MR) is 107 cm³/mol. The van der Waals surface area contributed by atoms with E-state index in [2.05, 4.69) is 22.2 Å². The molecule has 1 aliphatic rings. The van der Waals surface area contributed by atoms with Crippen LogP contribution >= 0.6 is 11.6 Å². The molecule has 6 nitrogen and oxygen atoms in total. The maximum absolute atomic E-state index is 12.6. The van der Waals surface area contributed by atoms with Crippen molar-refractivity contribution in [2.45, 2.75) is 50.9 Å². The van der Waals surface area contributed by atoms with Crippen molar-refractivity contribution in [3.8, 4) is 5.88 Å². The monoisotopic (exact) mass is 444 g/mol. The number of hydrogen-bond acceptors (Lipinski definition) is 5. The van der Waals surface area contributed by atoms with Crippen LogP contribution in [0.1, 0.15) is 49.0 Å². The number of pyridine rings is 2. The van der Waals surface area contributed by atoms with Gasteiger partial charge in [-0.15, -0.1) is 0 Å². The third-order valence-corrected chi connectivity index (χ3v) is 4.71. The number of amides is 1. The molecule has 0 aliphatic heterocycles. The van der Waals surface area contributed by atoms with Crippen LogP contribution in [0, 0.1) is 0 Å². The summed E-state index contributed by atoms with van der Waals surface area (Å²) in [6.45, 7) is 4.15. The minimum absolute atomic E-state index is 0.0713. The molecule has 10 heteroatoms. The molecule has 1 unspecified atom stereocenters. The molecular weight excluding hydrogens is 421 g/mol. The van der Waals surface area contributed by atoms with Crippen molar-refractivity contribution in [3.63, 3.8) is 0 Å². The molecule has 2 aromatic heterocycles. The smallest absolute Gasteiger partial charge is 0.417 e. The predicted octanol–water partition coefficient (Wildman–Crippen LogP) is 4.23. The van der Waals surface area contributed by atoms with Crippen LogP contribution in [-0.2, 0) is 6.18 Å². The lowest BCUT2D eigenvalue weighted by atomic mass is 10.2. The third-order valence-electron chi connectivity index (χ3n) is 4.44. The zero-order valence-electron chi connectivity index (χ0n) is 16.7. The Kier molecular flexibility index (Phi) is 8.03. The second-order valence-corrected chi connectivity index (χ2v) is 7.56. The molecule has 1 amide bonds. The summed E-state index contributed by atoms with van der Waals surface area (Å²) in [7, 11) is 0. The lowest BCUT2D eigenvalue weighted by molar-refractivity contribution is -0.137. The van der Waals surface area contributed by atoms with Gasteiger partial charge >= 0.3 is 6.18 Å². The lowest BCUT2D eigenvalue weighted by Gasteiger charge is -2.18. The van der Waals surface area contributed by atoms with Crippen molar-refractivity contribution in [2.24, 2.45) is 5.73 Å². The Morgan fingerprint density at radius 2 is 1.97 bits per heavy atom. The zero-order chi connectivity index (χ0) is 22.4. The molecule has 3 N–H and O–H groups in total. The quantitative estimate of drug-likeness (QED) is 0.695. The van der Waals surface area contributed by atoms with E-state index in [1.165, 1.54) is 12.4 Å². The highest BCUT2D eigenvalue weighted by Gasteiger charge is 2.45. The van der Waals surface area contributed by atoms with Gasteiger partial charge in [-0.25, -0.2) is 4.98 Å². The number of aromatic nitrogens is 2.